The van der Waals surface area contributed by atoms with Crippen LogP contribution in [0.1, 0.15) is 32.6 Å². The summed E-state index contributed by atoms with van der Waals surface area (Å²) in [5, 5.41) is 9.23. The fourth-order valence-corrected chi connectivity index (χ4v) is 2.55. The van der Waals surface area contributed by atoms with Gasteiger partial charge < -0.3 is 16.0 Å². The number of hydrogen-bond acceptors (Lipinski definition) is 2. The molecule has 0 heterocycles. The molecule has 2 aromatic rings. The van der Waals surface area contributed by atoms with Gasteiger partial charge in [-0.05, 0) is 42.7 Å². The van der Waals surface area contributed by atoms with E-state index >= 15 is 0 Å². The molecule has 0 saturated heterocycles. The Morgan fingerprint density at radius 2 is 1.68 bits per heavy atom. The van der Waals surface area contributed by atoms with Crippen molar-refractivity contribution in [3.05, 3.63) is 70.3 Å². The van der Waals surface area contributed by atoms with E-state index < -0.39 is 0 Å². The fraction of sp³-hybridized carbons (Fsp3) is 0.300. The van der Waals surface area contributed by atoms with Crippen molar-refractivity contribution in [3.63, 3.8) is 0 Å². The number of nitrogens with zero attached hydrogens (tertiary/aromatic N) is 1. The van der Waals surface area contributed by atoms with Gasteiger partial charge in [0.25, 0.3) is 5.91 Å². The zero-order chi connectivity index (χ0) is 18.2. The van der Waals surface area contributed by atoms with Crippen molar-refractivity contribution in [1.82, 2.24) is 16.0 Å². The average Bonchev–Trinajstić information content (AvgIpc) is 2.63. The summed E-state index contributed by atoms with van der Waals surface area (Å²) in [6.45, 7) is 5.58. The zero-order valence-corrected chi connectivity index (χ0v) is 15.3. The van der Waals surface area contributed by atoms with Gasteiger partial charge in [-0.2, -0.15) is 0 Å². The number of guanidine groups is 1. The normalized spacial score (nSPS) is 11.1. The van der Waals surface area contributed by atoms with E-state index in [1.54, 1.807) is 14.1 Å². The molecule has 0 aliphatic carbocycles. The molecular formula is C20H26N4O. The van der Waals surface area contributed by atoms with Crippen molar-refractivity contribution >= 4 is 11.9 Å². The number of carbonyl (C=O) groups excluding carboxylic acids is 1. The number of amides is 1. The van der Waals surface area contributed by atoms with Crippen molar-refractivity contribution in [2.45, 2.75) is 26.9 Å². The molecule has 0 fully saturated rings. The van der Waals surface area contributed by atoms with Crippen LogP contribution in [0.25, 0.3) is 0 Å². The molecule has 0 spiro atoms. The molecule has 0 saturated carbocycles. The summed E-state index contributed by atoms with van der Waals surface area (Å²) in [6.07, 6.45) is 0. The van der Waals surface area contributed by atoms with Crippen LogP contribution in [0.15, 0.2) is 47.5 Å². The van der Waals surface area contributed by atoms with Gasteiger partial charge in [0.15, 0.2) is 5.96 Å². The molecule has 0 aliphatic heterocycles. The smallest absolute Gasteiger partial charge is 0.251 e. The van der Waals surface area contributed by atoms with E-state index in [1.165, 1.54) is 16.7 Å². The Balaban J connectivity index is 1.89. The lowest BCUT2D eigenvalue weighted by molar-refractivity contribution is 0.0963. The highest BCUT2D eigenvalue weighted by molar-refractivity contribution is 5.93. The van der Waals surface area contributed by atoms with E-state index in [0.717, 1.165) is 18.1 Å². The van der Waals surface area contributed by atoms with Crippen LogP contribution in [-0.4, -0.2) is 26.0 Å². The first-order valence-electron chi connectivity index (χ1n) is 8.35. The Bertz CT molecular complexity index is 751. The average molecular weight is 338 g/mol. The Labute approximate surface area is 149 Å². The van der Waals surface area contributed by atoms with E-state index in [9.17, 15) is 4.79 Å². The lowest BCUT2D eigenvalue weighted by Gasteiger charge is -2.14. The van der Waals surface area contributed by atoms with E-state index in [1.807, 2.05) is 24.3 Å². The second-order valence-electron chi connectivity index (χ2n) is 5.99. The summed E-state index contributed by atoms with van der Waals surface area (Å²) >= 11 is 0. The quantitative estimate of drug-likeness (QED) is 0.580. The maximum Gasteiger partial charge on any atom is 0.251 e. The molecule has 2 aromatic carbocycles. The first-order valence-corrected chi connectivity index (χ1v) is 8.35. The highest BCUT2D eigenvalue weighted by Crippen LogP contribution is 2.10. The monoisotopic (exact) mass is 338 g/mol. The summed E-state index contributed by atoms with van der Waals surface area (Å²) in [5.74, 6) is 0.667. The SMILES string of the molecule is CN=C(NCc1ccc(C(=O)NC)cc1)NCc1ccc(C)cc1C. The van der Waals surface area contributed by atoms with Gasteiger partial charge in [-0.25, -0.2) is 0 Å². The maximum absolute atomic E-state index is 11.5. The second kappa shape index (κ2) is 8.87. The van der Waals surface area contributed by atoms with Gasteiger partial charge in [-0.3, -0.25) is 9.79 Å². The molecule has 5 heteroatoms. The van der Waals surface area contributed by atoms with Crippen LogP contribution in [0.5, 0.6) is 0 Å². The second-order valence-corrected chi connectivity index (χ2v) is 5.99. The lowest BCUT2D eigenvalue weighted by Crippen LogP contribution is -2.36. The first-order chi connectivity index (χ1) is 12.0. The molecule has 2 rings (SSSR count). The minimum atomic E-state index is -0.0783. The summed E-state index contributed by atoms with van der Waals surface area (Å²) < 4.78 is 0. The third-order valence-electron chi connectivity index (χ3n) is 4.07. The Morgan fingerprint density at radius 3 is 2.28 bits per heavy atom. The molecule has 0 radical (unpaired) electrons. The van der Waals surface area contributed by atoms with Crippen LogP contribution in [-0.2, 0) is 13.1 Å². The number of hydrogen-bond donors (Lipinski definition) is 3. The highest BCUT2D eigenvalue weighted by Gasteiger charge is 2.04. The van der Waals surface area contributed by atoms with Crippen LogP contribution >= 0.6 is 0 Å². The van der Waals surface area contributed by atoms with Crippen LogP contribution in [0, 0.1) is 13.8 Å². The topological polar surface area (TPSA) is 65.5 Å². The van der Waals surface area contributed by atoms with Crippen LogP contribution in [0.3, 0.4) is 0 Å². The zero-order valence-electron chi connectivity index (χ0n) is 15.3. The number of aliphatic imine (C=N–C) groups is 1. The van der Waals surface area contributed by atoms with Gasteiger partial charge in [0, 0.05) is 32.7 Å². The summed E-state index contributed by atoms with van der Waals surface area (Å²) in [7, 11) is 3.38. The van der Waals surface area contributed by atoms with Crippen molar-refractivity contribution < 1.29 is 4.79 Å². The Kier molecular flexibility index (Phi) is 6.57. The maximum atomic E-state index is 11.5. The number of carbonyl (C=O) groups is 1. The predicted molar refractivity (Wildman–Crippen MR) is 103 cm³/mol. The molecule has 0 aliphatic rings. The van der Waals surface area contributed by atoms with Crippen LogP contribution in [0.4, 0.5) is 0 Å². The van der Waals surface area contributed by atoms with E-state index in [4.69, 9.17) is 0 Å². The highest BCUT2D eigenvalue weighted by atomic mass is 16.1. The standard InChI is InChI=1S/C20H26N4O/c1-14-5-8-18(15(2)11-14)13-24-20(22-4)23-12-16-6-9-17(10-7-16)19(25)21-3/h5-11H,12-13H2,1-4H3,(H,21,25)(H2,22,23,24). The van der Waals surface area contributed by atoms with Gasteiger partial charge in [-0.15, -0.1) is 0 Å². The number of rotatable bonds is 5. The summed E-state index contributed by atoms with van der Waals surface area (Å²) in [6, 6.07) is 14.0. The first kappa shape index (κ1) is 18.5. The number of nitrogens with one attached hydrogen (secondary N) is 3. The van der Waals surface area contributed by atoms with E-state index in [0.29, 0.717) is 12.1 Å². The Morgan fingerprint density at radius 1 is 1.00 bits per heavy atom. The van der Waals surface area contributed by atoms with Gasteiger partial charge in [0.2, 0.25) is 0 Å². The van der Waals surface area contributed by atoms with Gasteiger partial charge >= 0.3 is 0 Å². The van der Waals surface area contributed by atoms with Gasteiger partial charge in [0.05, 0.1) is 0 Å². The molecule has 3 N–H and O–H groups in total. The van der Waals surface area contributed by atoms with Gasteiger partial charge in [0.1, 0.15) is 0 Å². The molecule has 0 unspecified atom stereocenters. The van der Waals surface area contributed by atoms with Crippen molar-refractivity contribution in [3.8, 4) is 0 Å². The van der Waals surface area contributed by atoms with Crippen molar-refractivity contribution in [1.29, 1.82) is 0 Å². The fourth-order valence-electron chi connectivity index (χ4n) is 2.55. The molecule has 0 aromatic heterocycles. The molecule has 132 valence electrons. The molecule has 0 atom stereocenters. The number of aryl methyl sites for hydroxylation is 2. The number of benzene rings is 2. The molecule has 0 bridgehead atoms. The molecular weight excluding hydrogens is 312 g/mol. The lowest BCUT2D eigenvalue weighted by atomic mass is 10.1. The van der Waals surface area contributed by atoms with Crippen LogP contribution in [0.2, 0.25) is 0 Å². The third kappa shape index (κ3) is 5.35. The van der Waals surface area contributed by atoms with Crippen molar-refractivity contribution in [2.75, 3.05) is 14.1 Å². The van der Waals surface area contributed by atoms with E-state index in [-0.39, 0.29) is 5.91 Å². The Hall–Kier alpha value is -2.82. The molecule has 1 amide bonds. The minimum absolute atomic E-state index is 0.0783. The predicted octanol–water partition coefficient (Wildman–Crippen LogP) is 2.53. The molecule has 25 heavy (non-hydrogen) atoms. The van der Waals surface area contributed by atoms with Gasteiger partial charge in [-0.1, -0.05) is 35.9 Å². The van der Waals surface area contributed by atoms with Crippen LogP contribution < -0.4 is 16.0 Å². The third-order valence-corrected chi connectivity index (χ3v) is 4.07. The minimum Gasteiger partial charge on any atom is -0.355 e. The molecule has 5 nitrogen and oxygen atoms in total. The van der Waals surface area contributed by atoms with Crippen molar-refractivity contribution in [2.24, 2.45) is 4.99 Å². The summed E-state index contributed by atoms with van der Waals surface area (Å²) in [5.41, 5.74) is 5.53. The van der Waals surface area contributed by atoms with E-state index in [2.05, 4.69) is 53.0 Å². The summed E-state index contributed by atoms with van der Waals surface area (Å²) in [4.78, 5) is 15.8. The largest absolute Gasteiger partial charge is 0.355 e.